The summed E-state index contributed by atoms with van der Waals surface area (Å²) in [4.78, 5) is 0. The third-order valence-electron chi connectivity index (χ3n) is 4.84. The van der Waals surface area contributed by atoms with Crippen LogP contribution in [0.2, 0.25) is 0 Å². The van der Waals surface area contributed by atoms with Crippen molar-refractivity contribution in [2.75, 3.05) is 5.73 Å². The zero-order valence-electron chi connectivity index (χ0n) is 13.9. The number of allylic oxidation sites excluding steroid dienone is 1. The number of rotatable bonds is 2. The molecule has 118 valence electrons. The molecule has 0 amide bonds. The highest BCUT2D eigenvalue weighted by atomic mass is 14.6. The van der Waals surface area contributed by atoms with Crippen LogP contribution in [0.1, 0.15) is 18.9 Å². The van der Waals surface area contributed by atoms with Crippen molar-refractivity contribution in [3.05, 3.63) is 82.7 Å². The van der Waals surface area contributed by atoms with Crippen molar-refractivity contribution in [1.29, 1.82) is 0 Å². The number of hydrogen-bond acceptors (Lipinski definition) is 1. The van der Waals surface area contributed by atoms with E-state index in [1.54, 1.807) is 0 Å². The Hall–Kier alpha value is -2.80. The summed E-state index contributed by atoms with van der Waals surface area (Å²) in [7, 11) is 0. The summed E-state index contributed by atoms with van der Waals surface area (Å²) in [5.74, 6) is 0. The smallest absolute Gasteiger partial charge is 0.0393 e. The van der Waals surface area contributed by atoms with Gasteiger partial charge in [0, 0.05) is 11.1 Å². The van der Waals surface area contributed by atoms with Gasteiger partial charge in [-0.3, -0.25) is 0 Å². The monoisotopic (exact) mass is 311 g/mol. The predicted octanol–water partition coefficient (Wildman–Crippen LogP) is 4.11. The maximum absolute atomic E-state index is 6.25. The molecular weight excluding hydrogens is 290 g/mol. The van der Waals surface area contributed by atoms with E-state index < -0.39 is 0 Å². The number of benzene rings is 3. The van der Waals surface area contributed by atoms with Gasteiger partial charge in [0.05, 0.1) is 0 Å². The summed E-state index contributed by atoms with van der Waals surface area (Å²) in [6.45, 7) is 2.27. The van der Waals surface area contributed by atoms with E-state index in [0.717, 1.165) is 17.7 Å². The van der Waals surface area contributed by atoms with Crippen LogP contribution in [-0.4, -0.2) is 0 Å². The Kier molecular flexibility index (Phi) is 3.50. The normalized spacial score (nSPS) is 19.7. The molecule has 4 rings (SSSR count). The van der Waals surface area contributed by atoms with Crippen molar-refractivity contribution in [1.82, 2.24) is 0 Å². The number of fused-ring (bicyclic) bond motifs is 2. The van der Waals surface area contributed by atoms with Crippen molar-refractivity contribution in [3.63, 3.8) is 0 Å². The highest BCUT2D eigenvalue weighted by Crippen LogP contribution is 2.30. The van der Waals surface area contributed by atoms with E-state index in [4.69, 9.17) is 5.73 Å². The van der Waals surface area contributed by atoms with Crippen molar-refractivity contribution < 1.29 is 0 Å². The summed E-state index contributed by atoms with van der Waals surface area (Å²) in [6.07, 6.45) is 10.1. The third-order valence-corrected chi connectivity index (χ3v) is 4.84. The van der Waals surface area contributed by atoms with E-state index >= 15 is 0 Å². The Labute approximate surface area is 142 Å². The molecule has 3 aromatic carbocycles. The van der Waals surface area contributed by atoms with Gasteiger partial charge in [0.15, 0.2) is 0 Å². The first-order valence-electron chi connectivity index (χ1n) is 8.39. The predicted molar refractivity (Wildman–Crippen MR) is 105 cm³/mol. The molecule has 0 radical (unpaired) electrons. The molecule has 0 saturated carbocycles. The molecule has 0 aliphatic heterocycles. The van der Waals surface area contributed by atoms with Gasteiger partial charge in [-0.25, -0.2) is 0 Å². The minimum Gasteiger partial charge on any atom is -0.398 e. The average molecular weight is 311 g/mol. The topological polar surface area (TPSA) is 26.0 Å². The Balaban J connectivity index is 1.73. The molecule has 1 aliphatic rings. The summed E-state index contributed by atoms with van der Waals surface area (Å²) < 4.78 is 0. The molecule has 2 N–H and O–H groups in total. The van der Waals surface area contributed by atoms with Gasteiger partial charge in [-0.15, -0.1) is 0 Å². The van der Waals surface area contributed by atoms with Crippen molar-refractivity contribution >= 4 is 34.7 Å². The van der Waals surface area contributed by atoms with E-state index in [9.17, 15) is 0 Å². The fraction of sp³-hybridized carbons (Fsp3) is 0.130. The maximum Gasteiger partial charge on any atom is 0.0393 e. The fourth-order valence-electron chi connectivity index (χ4n) is 3.39. The molecule has 1 aliphatic carbocycles. The first kappa shape index (κ1) is 14.8. The van der Waals surface area contributed by atoms with E-state index in [0.29, 0.717) is 0 Å². The molecule has 0 fully saturated rings. The van der Waals surface area contributed by atoms with E-state index in [-0.39, 0.29) is 5.41 Å². The average Bonchev–Trinajstić information content (AvgIpc) is 2.60. The quantitative estimate of drug-likeness (QED) is 0.708. The van der Waals surface area contributed by atoms with Crippen LogP contribution in [0.25, 0.3) is 29.0 Å². The molecule has 24 heavy (non-hydrogen) atoms. The second-order valence-electron chi connectivity index (χ2n) is 6.85. The van der Waals surface area contributed by atoms with Crippen LogP contribution in [0.5, 0.6) is 0 Å². The van der Waals surface area contributed by atoms with Gasteiger partial charge in [-0.05, 0) is 45.3 Å². The van der Waals surface area contributed by atoms with Crippen LogP contribution >= 0.6 is 0 Å². The molecule has 1 heteroatoms. The van der Waals surface area contributed by atoms with E-state index in [2.05, 4.69) is 85.8 Å². The Morgan fingerprint density at radius 1 is 0.917 bits per heavy atom. The lowest BCUT2D eigenvalue weighted by Crippen LogP contribution is -2.31. The lowest BCUT2D eigenvalue weighted by atomic mass is 9.81. The van der Waals surface area contributed by atoms with Crippen LogP contribution in [0.15, 0.2) is 66.7 Å². The Bertz CT molecular complexity index is 1060. The maximum atomic E-state index is 6.25. The van der Waals surface area contributed by atoms with Crippen LogP contribution in [-0.2, 0) is 0 Å². The van der Waals surface area contributed by atoms with E-state index in [1.807, 2.05) is 6.07 Å². The zero-order chi connectivity index (χ0) is 16.6. The summed E-state index contributed by atoms with van der Waals surface area (Å²) in [5.41, 5.74) is 8.19. The largest absolute Gasteiger partial charge is 0.398 e. The van der Waals surface area contributed by atoms with Crippen molar-refractivity contribution in [2.45, 2.75) is 13.3 Å². The SMILES string of the molecule is CC1(/C=C\c2cc3ccccc3cc2N)C=c2ccccc2=CC1. The lowest BCUT2D eigenvalue weighted by molar-refractivity contribution is 0.614. The first-order chi connectivity index (χ1) is 11.6. The standard InChI is InChI=1S/C23H21N/c1-23(12-10-17-6-2-5-9-21(17)16-23)13-11-20-14-18-7-3-4-8-19(18)15-22(20)24/h2-11,13-16H,12,24H2,1H3/b13-11-. The number of hydrogen-bond donors (Lipinski definition) is 1. The molecule has 1 nitrogen and oxygen atoms in total. The van der Waals surface area contributed by atoms with Gasteiger partial charge in [-0.2, -0.15) is 0 Å². The Morgan fingerprint density at radius 2 is 1.58 bits per heavy atom. The molecule has 0 aromatic heterocycles. The van der Waals surface area contributed by atoms with E-state index in [1.165, 1.54) is 21.2 Å². The van der Waals surface area contributed by atoms with Gasteiger partial charge < -0.3 is 5.73 Å². The van der Waals surface area contributed by atoms with Gasteiger partial charge in [0.2, 0.25) is 0 Å². The number of anilines is 1. The van der Waals surface area contributed by atoms with Gasteiger partial charge in [0.1, 0.15) is 0 Å². The molecule has 0 heterocycles. The summed E-state index contributed by atoms with van der Waals surface area (Å²) in [5, 5.41) is 5.04. The minimum atomic E-state index is 0.0203. The van der Waals surface area contributed by atoms with Gasteiger partial charge in [-0.1, -0.05) is 79.8 Å². The highest BCUT2D eigenvalue weighted by Gasteiger charge is 2.18. The zero-order valence-corrected chi connectivity index (χ0v) is 13.9. The fourth-order valence-corrected chi connectivity index (χ4v) is 3.39. The molecule has 0 saturated heterocycles. The van der Waals surface area contributed by atoms with Crippen LogP contribution in [0.4, 0.5) is 5.69 Å². The molecule has 1 unspecified atom stereocenters. The molecular formula is C23H21N. The van der Waals surface area contributed by atoms with Crippen molar-refractivity contribution in [2.24, 2.45) is 5.41 Å². The highest BCUT2D eigenvalue weighted by molar-refractivity contribution is 5.89. The summed E-state index contributed by atoms with van der Waals surface area (Å²) >= 11 is 0. The second kappa shape index (κ2) is 5.68. The van der Waals surface area contributed by atoms with Crippen LogP contribution < -0.4 is 16.2 Å². The van der Waals surface area contributed by atoms with Crippen LogP contribution in [0, 0.1) is 5.41 Å². The molecule has 1 atom stereocenters. The molecule has 3 aromatic rings. The first-order valence-corrected chi connectivity index (χ1v) is 8.39. The summed E-state index contributed by atoms with van der Waals surface area (Å²) in [6, 6.07) is 21.1. The Morgan fingerprint density at radius 3 is 2.38 bits per heavy atom. The molecule has 0 bridgehead atoms. The lowest BCUT2D eigenvalue weighted by Gasteiger charge is -2.23. The van der Waals surface area contributed by atoms with Crippen LogP contribution in [0.3, 0.4) is 0 Å². The third kappa shape index (κ3) is 2.74. The minimum absolute atomic E-state index is 0.0203. The number of nitrogen functional groups attached to an aromatic ring is 1. The van der Waals surface area contributed by atoms with Gasteiger partial charge >= 0.3 is 0 Å². The molecule has 0 spiro atoms. The van der Waals surface area contributed by atoms with Crippen molar-refractivity contribution in [3.8, 4) is 0 Å². The second-order valence-corrected chi connectivity index (χ2v) is 6.85. The number of nitrogens with two attached hydrogens (primary N) is 1. The van der Waals surface area contributed by atoms with Gasteiger partial charge in [0.25, 0.3) is 0 Å².